The Hall–Kier alpha value is -1.95. The van der Waals surface area contributed by atoms with Crippen LogP contribution < -0.4 is 5.32 Å². The van der Waals surface area contributed by atoms with Gasteiger partial charge in [-0.2, -0.15) is 0 Å². The molecule has 0 aliphatic rings. The predicted octanol–water partition coefficient (Wildman–Crippen LogP) is 2.72. The lowest BCUT2D eigenvalue weighted by Gasteiger charge is -2.02. The van der Waals surface area contributed by atoms with Crippen molar-refractivity contribution >= 4 is 22.4 Å². The van der Waals surface area contributed by atoms with E-state index in [-0.39, 0.29) is 5.82 Å². The number of aromatic nitrogens is 1. The van der Waals surface area contributed by atoms with E-state index in [2.05, 4.69) is 15.0 Å². The molecule has 100 valence electrons. The molecular weight excluding hydrogens is 267 g/mol. The van der Waals surface area contributed by atoms with E-state index in [1.165, 1.54) is 30.6 Å². The van der Waals surface area contributed by atoms with Gasteiger partial charge in [0.1, 0.15) is 5.82 Å². The molecule has 1 heterocycles. The lowest BCUT2D eigenvalue weighted by Crippen LogP contribution is -2.06. The standard InChI is InChI=1S/C13H13FN2O2S/c1-18-12(17)11-8-19-13(16-11)15-7-6-9-2-4-10(14)5-3-9/h2-5,8H,6-7H2,1H3,(H,15,16). The molecule has 0 saturated heterocycles. The molecule has 0 aliphatic heterocycles. The molecule has 0 saturated carbocycles. The average molecular weight is 280 g/mol. The number of hydrogen-bond donors (Lipinski definition) is 1. The Bertz CT molecular complexity index is 554. The molecule has 2 aromatic rings. The highest BCUT2D eigenvalue weighted by molar-refractivity contribution is 7.13. The highest BCUT2D eigenvalue weighted by Crippen LogP contribution is 2.16. The van der Waals surface area contributed by atoms with Gasteiger partial charge in [0.25, 0.3) is 0 Å². The van der Waals surface area contributed by atoms with Crippen LogP contribution in [0.2, 0.25) is 0 Å². The van der Waals surface area contributed by atoms with Crippen LogP contribution in [0.15, 0.2) is 29.6 Å². The molecule has 0 unspecified atom stereocenters. The number of nitrogens with zero attached hydrogens (tertiary/aromatic N) is 1. The van der Waals surface area contributed by atoms with Crippen molar-refractivity contribution in [3.63, 3.8) is 0 Å². The predicted molar refractivity (Wildman–Crippen MR) is 72.0 cm³/mol. The van der Waals surface area contributed by atoms with E-state index in [0.717, 1.165) is 12.0 Å². The number of methoxy groups -OCH3 is 1. The maximum Gasteiger partial charge on any atom is 0.357 e. The van der Waals surface area contributed by atoms with E-state index in [9.17, 15) is 9.18 Å². The number of halogens is 1. The molecule has 0 aliphatic carbocycles. The summed E-state index contributed by atoms with van der Waals surface area (Å²) in [7, 11) is 1.32. The minimum atomic E-state index is -0.442. The van der Waals surface area contributed by atoms with Crippen LogP contribution in [0.1, 0.15) is 16.1 Å². The summed E-state index contributed by atoms with van der Waals surface area (Å²) < 4.78 is 17.3. The number of thiazole rings is 1. The normalized spacial score (nSPS) is 10.2. The molecule has 19 heavy (non-hydrogen) atoms. The third-order valence-electron chi connectivity index (χ3n) is 2.50. The molecule has 1 N–H and O–H groups in total. The van der Waals surface area contributed by atoms with Gasteiger partial charge in [0.2, 0.25) is 0 Å². The van der Waals surface area contributed by atoms with Crippen molar-refractivity contribution in [1.82, 2.24) is 4.98 Å². The Balaban J connectivity index is 1.84. The zero-order valence-corrected chi connectivity index (χ0v) is 11.2. The molecule has 4 nitrogen and oxygen atoms in total. The summed E-state index contributed by atoms with van der Waals surface area (Å²) in [6.45, 7) is 0.666. The number of nitrogens with one attached hydrogen (secondary N) is 1. The van der Waals surface area contributed by atoms with Crippen molar-refractivity contribution in [3.05, 3.63) is 46.7 Å². The lowest BCUT2D eigenvalue weighted by atomic mass is 10.1. The van der Waals surface area contributed by atoms with E-state index in [0.29, 0.717) is 17.4 Å². The average Bonchev–Trinajstić information content (AvgIpc) is 2.89. The van der Waals surface area contributed by atoms with Crippen LogP contribution in [0.25, 0.3) is 0 Å². The highest BCUT2D eigenvalue weighted by atomic mass is 32.1. The SMILES string of the molecule is COC(=O)c1csc(NCCc2ccc(F)cc2)n1. The van der Waals surface area contributed by atoms with Crippen molar-refractivity contribution in [3.8, 4) is 0 Å². The zero-order valence-electron chi connectivity index (χ0n) is 10.4. The third kappa shape index (κ3) is 3.75. The van der Waals surface area contributed by atoms with Crippen LogP contribution >= 0.6 is 11.3 Å². The molecule has 1 aromatic carbocycles. The van der Waals surface area contributed by atoms with Gasteiger partial charge in [0, 0.05) is 11.9 Å². The summed E-state index contributed by atoms with van der Waals surface area (Å²) in [6, 6.07) is 6.37. The first-order chi connectivity index (χ1) is 9.19. The Labute approximate surface area is 114 Å². The minimum Gasteiger partial charge on any atom is -0.464 e. The molecular formula is C13H13FN2O2S. The Morgan fingerprint density at radius 1 is 1.42 bits per heavy atom. The van der Waals surface area contributed by atoms with Crippen LogP contribution in [0.4, 0.5) is 9.52 Å². The third-order valence-corrected chi connectivity index (χ3v) is 3.30. The quantitative estimate of drug-likeness (QED) is 0.856. The molecule has 2 rings (SSSR count). The van der Waals surface area contributed by atoms with E-state index >= 15 is 0 Å². The molecule has 6 heteroatoms. The highest BCUT2D eigenvalue weighted by Gasteiger charge is 2.09. The van der Waals surface area contributed by atoms with Gasteiger partial charge in [-0.3, -0.25) is 0 Å². The molecule has 0 amide bonds. The lowest BCUT2D eigenvalue weighted by molar-refractivity contribution is 0.0595. The molecule has 0 radical (unpaired) electrons. The molecule has 0 bridgehead atoms. The fraction of sp³-hybridized carbons (Fsp3) is 0.231. The summed E-state index contributed by atoms with van der Waals surface area (Å²) in [5.41, 5.74) is 1.34. The topological polar surface area (TPSA) is 51.2 Å². The second-order valence-corrected chi connectivity index (χ2v) is 4.69. The maximum atomic E-state index is 12.7. The number of carbonyl (C=O) groups excluding carboxylic acids is 1. The van der Waals surface area contributed by atoms with Crippen molar-refractivity contribution < 1.29 is 13.9 Å². The van der Waals surface area contributed by atoms with Gasteiger partial charge >= 0.3 is 5.97 Å². The number of hydrogen-bond acceptors (Lipinski definition) is 5. The summed E-state index contributed by atoms with van der Waals surface area (Å²) in [5, 5.41) is 5.43. The van der Waals surface area contributed by atoms with E-state index in [1.54, 1.807) is 17.5 Å². The summed E-state index contributed by atoms with van der Waals surface area (Å²) in [4.78, 5) is 15.3. The van der Waals surface area contributed by atoms with Crippen LogP contribution in [-0.2, 0) is 11.2 Å². The van der Waals surface area contributed by atoms with Crippen LogP contribution in [-0.4, -0.2) is 24.6 Å². The number of benzene rings is 1. The summed E-state index contributed by atoms with van der Waals surface area (Å²) >= 11 is 1.35. The van der Waals surface area contributed by atoms with E-state index in [4.69, 9.17) is 0 Å². The minimum absolute atomic E-state index is 0.237. The van der Waals surface area contributed by atoms with Gasteiger partial charge < -0.3 is 10.1 Å². The van der Waals surface area contributed by atoms with Gasteiger partial charge in [-0.25, -0.2) is 14.2 Å². The van der Waals surface area contributed by atoms with Crippen molar-refractivity contribution in [2.45, 2.75) is 6.42 Å². The van der Waals surface area contributed by atoms with Crippen LogP contribution in [0, 0.1) is 5.82 Å². The number of carbonyl (C=O) groups is 1. The first kappa shape index (κ1) is 13.5. The van der Waals surface area contributed by atoms with Crippen LogP contribution in [0.3, 0.4) is 0 Å². The Kier molecular flexibility index (Phi) is 4.46. The van der Waals surface area contributed by atoms with E-state index in [1.807, 2.05) is 0 Å². The van der Waals surface area contributed by atoms with Gasteiger partial charge in [0.15, 0.2) is 10.8 Å². The van der Waals surface area contributed by atoms with Gasteiger partial charge in [-0.15, -0.1) is 11.3 Å². The molecule has 0 fully saturated rings. The van der Waals surface area contributed by atoms with E-state index < -0.39 is 5.97 Å². The van der Waals surface area contributed by atoms with Gasteiger partial charge in [-0.1, -0.05) is 12.1 Å². The van der Waals surface area contributed by atoms with Gasteiger partial charge in [0.05, 0.1) is 7.11 Å². The molecule has 0 spiro atoms. The first-order valence-corrected chi connectivity index (χ1v) is 6.59. The zero-order chi connectivity index (χ0) is 13.7. The van der Waals surface area contributed by atoms with Crippen molar-refractivity contribution in [2.24, 2.45) is 0 Å². The fourth-order valence-corrected chi connectivity index (χ4v) is 2.23. The number of ether oxygens (including phenoxy) is 1. The van der Waals surface area contributed by atoms with Crippen molar-refractivity contribution in [1.29, 1.82) is 0 Å². The molecule has 0 atom stereocenters. The second-order valence-electron chi connectivity index (χ2n) is 3.83. The Morgan fingerprint density at radius 2 is 2.16 bits per heavy atom. The maximum absolute atomic E-state index is 12.7. The Morgan fingerprint density at radius 3 is 2.84 bits per heavy atom. The monoisotopic (exact) mass is 280 g/mol. The van der Waals surface area contributed by atoms with Gasteiger partial charge in [-0.05, 0) is 24.1 Å². The smallest absolute Gasteiger partial charge is 0.357 e. The first-order valence-electron chi connectivity index (χ1n) is 5.71. The molecule has 1 aromatic heterocycles. The van der Waals surface area contributed by atoms with Crippen molar-refractivity contribution in [2.75, 3.05) is 19.0 Å². The second kappa shape index (κ2) is 6.29. The fourth-order valence-electron chi connectivity index (χ4n) is 1.52. The summed E-state index contributed by atoms with van der Waals surface area (Å²) in [5.74, 6) is -0.679. The number of esters is 1. The van der Waals surface area contributed by atoms with Crippen LogP contribution in [0.5, 0.6) is 0 Å². The number of anilines is 1. The largest absolute Gasteiger partial charge is 0.464 e. The number of rotatable bonds is 5. The summed E-state index contributed by atoms with van der Waals surface area (Å²) in [6.07, 6.45) is 0.757.